The molecule has 0 aliphatic rings. The maximum atomic E-state index is 11.8. The minimum Gasteiger partial charge on any atom is -0.507 e. The predicted octanol–water partition coefficient (Wildman–Crippen LogP) is 1.20. The lowest BCUT2D eigenvalue weighted by molar-refractivity contribution is 0.0954. The molecule has 21 heavy (non-hydrogen) atoms. The number of hydrazone groups is 1. The van der Waals surface area contributed by atoms with Gasteiger partial charge in [-0.2, -0.15) is 5.10 Å². The van der Waals surface area contributed by atoms with Crippen LogP contribution in [0.2, 0.25) is 0 Å². The highest BCUT2D eigenvalue weighted by molar-refractivity contribution is 6.02. The number of aryl methyl sites for hydroxylation is 1. The van der Waals surface area contributed by atoms with Crippen molar-refractivity contribution in [3.8, 4) is 5.75 Å². The normalized spacial score (nSPS) is 11.2. The molecule has 2 heterocycles. The summed E-state index contributed by atoms with van der Waals surface area (Å²) in [4.78, 5) is 27.3. The number of carbonyl (C=O) groups is 1. The van der Waals surface area contributed by atoms with E-state index in [0.717, 1.165) is 0 Å². The van der Waals surface area contributed by atoms with Crippen molar-refractivity contribution in [2.45, 2.75) is 13.8 Å². The van der Waals surface area contributed by atoms with Crippen molar-refractivity contribution in [1.82, 2.24) is 10.4 Å². The summed E-state index contributed by atoms with van der Waals surface area (Å²) in [6.07, 6.45) is 2.96. The molecule has 1 amide bonds. The molecule has 2 aromatic rings. The van der Waals surface area contributed by atoms with E-state index in [0.29, 0.717) is 5.56 Å². The highest BCUT2D eigenvalue weighted by Crippen LogP contribution is 2.15. The van der Waals surface area contributed by atoms with Crippen molar-refractivity contribution in [2.24, 2.45) is 5.10 Å². The molecule has 108 valence electrons. The summed E-state index contributed by atoms with van der Waals surface area (Å²) < 4.78 is 4.88. The van der Waals surface area contributed by atoms with E-state index in [2.05, 4.69) is 15.5 Å². The van der Waals surface area contributed by atoms with Gasteiger partial charge < -0.3 is 9.52 Å². The second kappa shape index (κ2) is 6.00. The van der Waals surface area contributed by atoms with Gasteiger partial charge in [0.25, 0.3) is 5.91 Å². The number of nitrogens with zero attached hydrogens (tertiary/aromatic N) is 2. The van der Waals surface area contributed by atoms with E-state index in [4.69, 9.17) is 4.42 Å². The van der Waals surface area contributed by atoms with E-state index < -0.39 is 11.5 Å². The second-order valence-corrected chi connectivity index (χ2v) is 4.28. The van der Waals surface area contributed by atoms with Gasteiger partial charge in [0.2, 0.25) is 0 Å². The van der Waals surface area contributed by atoms with Crippen molar-refractivity contribution in [3.05, 3.63) is 57.9 Å². The Hall–Kier alpha value is -2.96. The van der Waals surface area contributed by atoms with Gasteiger partial charge in [-0.3, -0.25) is 9.78 Å². The third kappa shape index (κ3) is 3.33. The van der Waals surface area contributed by atoms with Crippen LogP contribution in [0.15, 0.2) is 44.9 Å². The van der Waals surface area contributed by atoms with Crippen LogP contribution >= 0.6 is 0 Å². The zero-order valence-corrected chi connectivity index (χ0v) is 11.5. The number of hydrogen-bond donors (Lipinski definition) is 2. The summed E-state index contributed by atoms with van der Waals surface area (Å²) in [6, 6.07) is 4.36. The van der Waals surface area contributed by atoms with Crippen molar-refractivity contribution >= 4 is 11.6 Å². The maximum Gasteiger partial charge on any atom is 0.348 e. The molecule has 0 bridgehead atoms. The third-order valence-electron chi connectivity index (χ3n) is 2.68. The smallest absolute Gasteiger partial charge is 0.348 e. The van der Waals surface area contributed by atoms with Gasteiger partial charge in [-0.1, -0.05) is 0 Å². The predicted molar refractivity (Wildman–Crippen MR) is 75.3 cm³/mol. The molecule has 0 atom stereocenters. The maximum absolute atomic E-state index is 11.8. The van der Waals surface area contributed by atoms with Crippen LogP contribution in [0, 0.1) is 6.92 Å². The van der Waals surface area contributed by atoms with E-state index in [-0.39, 0.29) is 22.8 Å². The van der Waals surface area contributed by atoms with Gasteiger partial charge in [0, 0.05) is 24.0 Å². The van der Waals surface area contributed by atoms with Crippen LogP contribution in [-0.4, -0.2) is 21.7 Å². The van der Waals surface area contributed by atoms with E-state index in [9.17, 15) is 14.7 Å². The number of aromatic nitrogens is 1. The van der Waals surface area contributed by atoms with Crippen LogP contribution in [0.5, 0.6) is 5.75 Å². The van der Waals surface area contributed by atoms with Gasteiger partial charge >= 0.3 is 5.63 Å². The number of pyridine rings is 1. The first-order valence-corrected chi connectivity index (χ1v) is 6.08. The van der Waals surface area contributed by atoms with Crippen LogP contribution < -0.4 is 11.1 Å². The van der Waals surface area contributed by atoms with Crippen LogP contribution in [-0.2, 0) is 0 Å². The number of rotatable bonds is 3. The first-order valence-electron chi connectivity index (χ1n) is 6.08. The number of hydrogen-bond acceptors (Lipinski definition) is 6. The molecular weight excluding hydrogens is 274 g/mol. The number of aromatic hydroxyl groups is 1. The quantitative estimate of drug-likeness (QED) is 0.652. The molecule has 2 rings (SSSR count). The lowest BCUT2D eigenvalue weighted by Crippen LogP contribution is -2.21. The van der Waals surface area contributed by atoms with Gasteiger partial charge in [-0.25, -0.2) is 10.2 Å². The molecule has 7 heteroatoms. The van der Waals surface area contributed by atoms with Gasteiger partial charge in [-0.15, -0.1) is 0 Å². The van der Waals surface area contributed by atoms with E-state index in [1.807, 2.05) is 0 Å². The molecule has 0 saturated carbocycles. The first-order chi connectivity index (χ1) is 9.99. The second-order valence-electron chi connectivity index (χ2n) is 4.28. The molecule has 0 unspecified atom stereocenters. The summed E-state index contributed by atoms with van der Waals surface area (Å²) in [6.45, 7) is 3.02. The summed E-state index contributed by atoms with van der Waals surface area (Å²) in [7, 11) is 0. The summed E-state index contributed by atoms with van der Waals surface area (Å²) in [5.41, 5.74) is 2.01. The Balaban J connectivity index is 2.23. The van der Waals surface area contributed by atoms with Crippen LogP contribution in [0.4, 0.5) is 0 Å². The Morgan fingerprint density at radius 1 is 1.38 bits per heavy atom. The highest BCUT2D eigenvalue weighted by Gasteiger charge is 2.13. The Morgan fingerprint density at radius 3 is 2.67 bits per heavy atom. The molecule has 0 aliphatic carbocycles. The van der Waals surface area contributed by atoms with E-state index >= 15 is 0 Å². The van der Waals surface area contributed by atoms with Crippen molar-refractivity contribution < 1.29 is 14.3 Å². The monoisotopic (exact) mass is 287 g/mol. The Morgan fingerprint density at radius 2 is 2.05 bits per heavy atom. The molecule has 0 spiro atoms. The van der Waals surface area contributed by atoms with Crippen LogP contribution in [0.3, 0.4) is 0 Å². The molecule has 7 nitrogen and oxygen atoms in total. The van der Waals surface area contributed by atoms with Crippen LogP contribution in [0.1, 0.15) is 28.6 Å². The summed E-state index contributed by atoms with van der Waals surface area (Å²) in [5.74, 6) is -0.411. The molecule has 0 aliphatic heterocycles. The topological polar surface area (TPSA) is 105 Å². The first kappa shape index (κ1) is 14.4. The lowest BCUT2D eigenvalue weighted by atomic mass is 10.2. The molecule has 2 N–H and O–H groups in total. The number of amides is 1. The van der Waals surface area contributed by atoms with Gasteiger partial charge in [0.05, 0.1) is 5.71 Å². The Labute approximate surface area is 120 Å². The molecule has 2 aromatic heterocycles. The van der Waals surface area contributed by atoms with Gasteiger partial charge in [-0.05, 0) is 26.0 Å². The van der Waals surface area contributed by atoms with E-state index in [1.54, 1.807) is 6.92 Å². The SMILES string of the molecule is C/C(=N\NC(=O)c1ccncc1)c1c(O)cc(C)oc1=O. The fourth-order valence-corrected chi connectivity index (χ4v) is 1.69. The standard InChI is InChI=1S/C14H13N3O4/c1-8-7-11(18)12(14(20)21-8)9(2)16-17-13(19)10-3-5-15-6-4-10/h3-7,18H,1-2H3,(H,17,19)/b16-9+. The van der Waals surface area contributed by atoms with Crippen molar-refractivity contribution in [1.29, 1.82) is 0 Å². The molecule has 0 saturated heterocycles. The summed E-state index contributed by atoms with van der Waals surface area (Å²) >= 11 is 0. The number of carbonyl (C=O) groups excluding carboxylic acids is 1. The fourth-order valence-electron chi connectivity index (χ4n) is 1.69. The average molecular weight is 287 g/mol. The third-order valence-corrected chi connectivity index (χ3v) is 2.68. The molecule has 0 radical (unpaired) electrons. The average Bonchev–Trinajstić information content (AvgIpc) is 2.44. The molecule has 0 aromatic carbocycles. The van der Waals surface area contributed by atoms with Crippen molar-refractivity contribution in [3.63, 3.8) is 0 Å². The molecule has 0 fully saturated rings. The zero-order valence-electron chi connectivity index (χ0n) is 11.5. The van der Waals surface area contributed by atoms with Crippen LogP contribution in [0.25, 0.3) is 0 Å². The van der Waals surface area contributed by atoms with E-state index in [1.165, 1.54) is 37.5 Å². The Bertz CT molecular complexity index is 751. The molecular formula is C14H13N3O4. The largest absolute Gasteiger partial charge is 0.507 e. The minimum atomic E-state index is -0.716. The van der Waals surface area contributed by atoms with Gasteiger partial charge in [0.1, 0.15) is 17.1 Å². The fraction of sp³-hybridized carbons (Fsp3) is 0.143. The van der Waals surface area contributed by atoms with Crippen molar-refractivity contribution in [2.75, 3.05) is 0 Å². The Kier molecular flexibility index (Phi) is 4.13. The summed E-state index contributed by atoms with van der Waals surface area (Å²) in [5, 5.41) is 13.6. The number of nitrogens with one attached hydrogen (secondary N) is 1. The van der Waals surface area contributed by atoms with Gasteiger partial charge in [0.15, 0.2) is 0 Å². The zero-order chi connectivity index (χ0) is 15.4. The lowest BCUT2D eigenvalue weighted by Gasteiger charge is -2.04. The minimum absolute atomic E-state index is 0.0874. The highest BCUT2D eigenvalue weighted by atomic mass is 16.4.